The number of anilines is 1. The highest BCUT2D eigenvalue weighted by molar-refractivity contribution is 7.09. The van der Waals surface area contributed by atoms with Crippen LogP contribution < -0.4 is 10.2 Å². The zero-order chi connectivity index (χ0) is 16.7. The highest BCUT2D eigenvalue weighted by atomic mass is 32.1. The Morgan fingerprint density at radius 2 is 2.00 bits per heavy atom. The summed E-state index contributed by atoms with van der Waals surface area (Å²) in [6.07, 6.45) is 2.04. The maximum absolute atomic E-state index is 4.78. The third kappa shape index (κ3) is 5.34. The molecule has 1 aromatic rings. The lowest BCUT2D eigenvalue weighted by Gasteiger charge is -2.36. The fraction of sp³-hybridized carbons (Fsp3) is 0.812. The number of nitrogens with one attached hydrogen (secondary N) is 1. The summed E-state index contributed by atoms with van der Waals surface area (Å²) in [5.74, 6) is 2.71. The molecule has 1 N–H and O–H groups in total. The number of piperazine rings is 1. The molecule has 0 aliphatic carbocycles. The first-order valence-electron chi connectivity index (χ1n) is 8.74. The summed E-state index contributed by atoms with van der Waals surface area (Å²) in [6.45, 7) is 14.4. The minimum atomic E-state index is 0.698. The maximum atomic E-state index is 4.78. The molecule has 0 radical (unpaired) electrons. The van der Waals surface area contributed by atoms with Crippen LogP contribution in [0.25, 0.3) is 0 Å². The zero-order valence-electron chi connectivity index (χ0n) is 14.9. The van der Waals surface area contributed by atoms with Gasteiger partial charge < -0.3 is 15.1 Å². The summed E-state index contributed by atoms with van der Waals surface area (Å²) in [4.78, 5) is 14.1. The highest BCUT2D eigenvalue weighted by Crippen LogP contribution is 2.19. The predicted molar refractivity (Wildman–Crippen MR) is 98.5 cm³/mol. The second-order valence-electron chi connectivity index (χ2n) is 6.24. The van der Waals surface area contributed by atoms with E-state index in [1.165, 1.54) is 11.5 Å². The van der Waals surface area contributed by atoms with Gasteiger partial charge in [0.15, 0.2) is 5.96 Å². The molecule has 1 fully saturated rings. The Hall–Kier alpha value is -1.37. The topological polar surface area (TPSA) is 56.7 Å². The molecule has 23 heavy (non-hydrogen) atoms. The van der Waals surface area contributed by atoms with Gasteiger partial charge in [0.25, 0.3) is 0 Å². The average Bonchev–Trinajstić information content (AvgIpc) is 3.03. The van der Waals surface area contributed by atoms with Crippen molar-refractivity contribution < 1.29 is 0 Å². The minimum Gasteiger partial charge on any atom is -0.357 e. The van der Waals surface area contributed by atoms with Gasteiger partial charge in [-0.25, -0.2) is 4.98 Å². The first-order chi connectivity index (χ1) is 11.1. The van der Waals surface area contributed by atoms with Crippen molar-refractivity contribution in [2.75, 3.05) is 44.2 Å². The van der Waals surface area contributed by atoms with E-state index in [9.17, 15) is 0 Å². The highest BCUT2D eigenvalue weighted by Gasteiger charge is 2.21. The molecular formula is C16H30N6S. The van der Waals surface area contributed by atoms with Gasteiger partial charge in [-0.2, -0.15) is 4.37 Å². The van der Waals surface area contributed by atoms with Crippen LogP contribution in [0.2, 0.25) is 0 Å². The molecule has 1 aromatic heterocycles. The third-order valence-corrected chi connectivity index (χ3v) is 4.74. The van der Waals surface area contributed by atoms with E-state index in [1.54, 1.807) is 0 Å². The molecule has 0 spiro atoms. The van der Waals surface area contributed by atoms with Gasteiger partial charge in [0.2, 0.25) is 5.13 Å². The molecule has 2 heterocycles. The van der Waals surface area contributed by atoms with Crippen molar-refractivity contribution >= 4 is 22.6 Å². The lowest BCUT2D eigenvalue weighted by atomic mass is 10.1. The van der Waals surface area contributed by atoms with Crippen molar-refractivity contribution in [2.45, 2.75) is 40.5 Å². The van der Waals surface area contributed by atoms with E-state index in [2.05, 4.69) is 52.2 Å². The number of aliphatic imine (C=N–C) groups is 1. The number of aryl methyl sites for hydroxylation is 1. The van der Waals surface area contributed by atoms with Crippen LogP contribution in [-0.2, 0) is 6.42 Å². The van der Waals surface area contributed by atoms with Crippen LogP contribution in [-0.4, -0.2) is 59.5 Å². The van der Waals surface area contributed by atoms with Crippen molar-refractivity contribution in [3.63, 3.8) is 0 Å². The Kier molecular flexibility index (Phi) is 7.08. The predicted octanol–water partition coefficient (Wildman–Crippen LogP) is 2.23. The molecule has 1 saturated heterocycles. The number of aromatic nitrogens is 2. The van der Waals surface area contributed by atoms with Gasteiger partial charge >= 0.3 is 0 Å². The van der Waals surface area contributed by atoms with Gasteiger partial charge in [-0.05, 0) is 19.3 Å². The monoisotopic (exact) mass is 338 g/mol. The minimum absolute atomic E-state index is 0.698. The third-order valence-electron chi connectivity index (χ3n) is 3.93. The van der Waals surface area contributed by atoms with Crippen LogP contribution in [0.3, 0.4) is 0 Å². The Morgan fingerprint density at radius 3 is 2.57 bits per heavy atom. The van der Waals surface area contributed by atoms with Crippen molar-refractivity contribution in [3.8, 4) is 0 Å². The molecule has 2 rings (SSSR count). The number of guanidine groups is 1. The number of nitrogens with zero attached hydrogens (tertiary/aromatic N) is 5. The smallest absolute Gasteiger partial charge is 0.205 e. The second kappa shape index (κ2) is 9.05. The van der Waals surface area contributed by atoms with E-state index in [4.69, 9.17) is 4.99 Å². The van der Waals surface area contributed by atoms with Gasteiger partial charge in [0.1, 0.15) is 5.82 Å². The van der Waals surface area contributed by atoms with E-state index in [0.717, 1.165) is 69.0 Å². The molecule has 0 bridgehead atoms. The largest absolute Gasteiger partial charge is 0.357 e. The average molecular weight is 339 g/mol. The summed E-state index contributed by atoms with van der Waals surface area (Å²) >= 11 is 1.52. The second-order valence-corrected chi connectivity index (χ2v) is 6.97. The lowest BCUT2D eigenvalue weighted by molar-refractivity contribution is 0.372. The normalized spacial score (nSPS) is 16.3. The number of hydrogen-bond acceptors (Lipinski definition) is 5. The quantitative estimate of drug-likeness (QED) is 0.637. The van der Waals surface area contributed by atoms with E-state index < -0.39 is 0 Å². The summed E-state index contributed by atoms with van der Waals surface area (Å²) in [5.41, 5.74) is 0. The van der Waals surface area contributed by atoms with Crippen LogP contribution in [0.4, 0.5) is 5.13 Å². The van der Waals surface area contributed by atoms with Crippen LogP contribution in [0.15, 0.2) is 4.99 Å². The maximum Gasteiger partial charge on any atom is 0.205 e. The molecule has 0 atom stereocenters. The van der Waals surface area contributed by atoms with Gasteiger partial charge in [-0.3, -0.25) is 4.99 Å². The summed E-state index contributed by atoms with van der Waals surface area (Å²) in [7, 11) is 0. The summed E-state index contributed by atoms with van der Waals surface area (Å²) in [6, 6.07) is 0. The van der Waals surface area contributed by atoms with Crippen LogP contribution in [0.5, 0.6) is 0 Å². The molecule has 0 amide bonds. The van der Waals surface area contributed by atoms with Crippen molar-refractivity contribution in [1.29, 1.82) is 0 Å². The van der Waals surface area contributed by atoms with Gasteiger partial charge in [0, 0.05) is 57.2 Å². The van der Waals surface area contributed by atoms with E-state index in [0.29, 0.717) is 5.92 Å². The van der Waals surface area contributed by atoms with Crippen molar-refractivity contribution in [1.82, 2.24) is 19.6 Å². The first-order valence-corrected chi connectivity index (χ1v) is 9.52. The zero-order valence-corrected chi connectivity index (χ0v) is 15.7. The molecular weight excluding hydrogens is 308 g/mol. The van der Waals surface area contributed by atoms with E-state index in [-0.39, 0.29) is 0 Å². The Balaban J connectivity index is 1.89. The lowest BCUT2D eigenvalue weighted by Crippen LogP contribution is -2.52. The fourth-order valence-electron chi connectivity index (χ4n) is 2.48. The number of rotatable bonds is 6. The molecule has 1 aliphatic rings. The van der Waals surface area contributed by atoms with Crippen LogP contribution in [0.1, 0.15) is 39.9 Å². The Bertz CT molecular complexity index is 491. The fourth-order valence-corrected chi connectivity index (χ4v) is 3.28. The van der Waals surface area contributed by atoms with Crippen LogP contribution >= 0.6 is 11.5 Å². The molecule has 130 valence electrons. The molecule has 0 unspecified atom stereocenters. The molecule has 0 saturated carbocycles. The van der Waals surface area contributed by atoms with E-state index >= 15 is 0 Å². The molecule has 7 heteroatoms. The molecule has 0 aromatic carbocycles. The molecule has 1 aliphatic heterocycles. The Morgan fingerprint density at radius 1 is 1.26 bits per heavy atom. The van der Waals surface area contributed by atoms with Gasteiger partial charge in [0.05, 0.1) is 0 Å². The summed E-state index contributed by atoms with van der Waals surface area (Å²) < 4.78 is 4.39. The van der Waals surface area contributed by atoms with Crippen LogP contribution in [0, 0.1) is 5.92 Å². The van der Waals surface area contributed by atoms with E-state index in [1.807, 2.05) is 0 Å². The SMILES string of the molecule is CCNC(=NCCC(C)C)N1CCN(c2nc(CC)ns2)CC1. The standard InChI is InChI=1S/C16H30N6S/c1-5-14-19-16(23-20-14)22-11-9-21(10-12-22)15(17-6-2)18-8-7-13(3)4/h13H,5-12H2,1-4H3,(H,17,18). The Labute approximate surface area is 144 Å². The van der Waals surface area contributed by atoms with Crippen molar-refractivity contribution in [2.24, 2.45) is 10.9 Å². The van der Waals surface area contributed by atoms with Crippen molar-refractivity contribution in [3.05, 3.63) is 5.82 Å². The van der Waals surface area contributed by atoms with Gasteiger partial charge in [-0.1, -0.05) is 20.8 Å². The first kappa shape index (κ1) is 18.0. The molecule has 6 nitrogen and oxygen atoms in total. The van der Waals surface area contributed by atoms with Gasteiger partial charge in [-0.15, -0.1) is 0 Å². The number of hydrogen-bond donors (Lipinski definition) is 1. The summed E-state index contributed by atoms with van der Waals surface area (Å²) in [5, 5.41) is 4.48.